The zero-order chi connectivity index (χ0) is 33.3. The molecule has 48 heavy (non-hydrogen) atoms. The van der Waals surface area contributed by atoms with E-state index in [1.165, 1.54) is 0 Å². The third-order valence-electron chi connectivity index (χ3n) is 8.26. The predicted octanol–water partition coefficient (Wildman–Crippen LogP) is 6.90. The van der Waals surface area contributed by atoms with E-state index in [0.29, 0.717) is 61.5 Å². The second-order valence-corrected chi connectivity index (χ2v) is 11.5. The minimum absolute atomic E-state index is 0.0301. The molecule has 0 unspecified atom stereocenters. The van der Waals surface area contributed by atoms with E-state index >= 15 is 0 Å². The summed E-state index contributed by atoms with van der Waals surface area (Å²) < 4.78 is 0. The number of aliphatic imine (C=N–C) groups is 2. The van der Waals surface area contributed by atoms with Crippen molar-refractivity contribution in [1.82, 2.24) is 10.6 Å². The molecule has 0 aliphatic carbocycles. The molecule has 0 spiro atoms. The summed E-state index contributed by atoms with van der Waals surface area (Å²) in [5.74, 6) is 0.571. The van der Waals surface area contributed by atoms with Crippen LogP contribution in [0.4, 0.5) is 0 Å². The molecule has 6 aromatic rings. The van der Waals surface area contributed by atoms with Crippen molar-refractivity contribution in [2.45, 2.75) is 13.1 Å². The standard InChI is InChI=1S/C40H38N4O4/c45-35-15-7-3-11-29(35)23-41-17-19-43-25-31-21-27-9-1-5-13-33(27)37(39(31)47)38-34-14-6-2-10-28(34)22-32(40(38)48)26-44-20-18-42-24-30-12-4-8-16-36(30)46/h1-16,21-22,25-26,41-42,45-48H,17-20,23-24H2. The molecular weight excluding hydrogens is 600 g/mol. The van der Waals surface area contributed by atoms with Crippen molar-refractivity contribution >= 4 is 34.0 Å². The Labute approximate surface area is 279 Å². The first-order valence-corrected chi connectivity index (χ1v) is 16.0. The first-order valence-electron chi connectivity index (χ1n) is 16.0. The zero-order valence-corrected chi connectivity index (χ0v) is 26.5. The maximum Gasteiger partial charge on any atom is 0.132 e. The zero-order valence-electron chi connectivity index (χ0n) is 26.5. The molecule has 0 aliphatic rings. The summed E-state index contributed by atoms with van der Waals surface area (Å²) in [6, 6.07) is 33.8. The average Bonchev–Trinajstić information content (AvgIpc) is 3.10. The van der Waals surface area contributed by atoms with Crippen molar-refractivity contribution in [3.8, 4) is 34.1 Å². The Kier molecular flexibility index (Phi) is 10.3. The normalized spacial score (nSPS) is 11.8. The molecule has 0 saturated carbocycles. The Morgan fingerprint density at radius 1 is 0.500 bits per heavy atom. The summed E-state index contributed by atoms with van der Waals surface area (Å²) in [6.07, 6.45) is 3.33. The van der Waals surface area contributed by atoms with E-state index < -0.39 is 0 Å². The lowest BCUT2D eigenvalue weighted by atomic mass is 9.89. The van der Waals surface area contributed by atoms with Gasteiger partial charge in [0.05, 0.1) is 13.1 Å². The lowest BCUT2D eigenvalue weighted by Gasteiger charge is -2.17. The highest BCUT2D eigenvalue weighted by atomic mass is 16.3. The molecule has 6 rings (SSSR count). The van der Waals surface area contributed by atoms with Crippen molar-refractivity contribution in [3.63, 3.8) is 0 Å². The highest BCUT2D eigenvalue weighted by molar-refractivity contribution is 6.14. The third-order valence-corrected chi connectivity index (χ3v) is 8.26. The van der Waals surface area contributed by atoms with Crippen LogP contribution in [0.3, 0.4) is 0 Å². The van der Waals surface area contributed by atoms with Crippen LogP contribution in [0.25, 0.3) is 32.7 Å². The molecule has 6 aromatic carbocycles. The van der Waals surface area contributed by atoms with Gasteiger partial charge in [-0.15, -0.1) is 0 Å². The van der Waals surface area contributed by atoms with Crippen molar-refractivity contribution in [2.24, 2.45) is 9.98 Å². The molecule has 0 aromatic heterocycles. The first-order chi connectivity index (χ1) is 23.5. The van der Waals surface area contributed by atoms with Crippen LogP contribution < -0.4 is 10.6 Å². The van der Waals surface area contributed by atoms with Gasteiger partial charge < -0.3 is 31.1 Å². The summed E-state index contributed by atoms with van der Waals surface area (Å²) in [5, 5.41) is 53.5. The molecule has 0 bridgehead atoms. The number of phenolic OH excluding ortho intramolecular Hbond substituents is 4. The molecule has 0 aliphatic heterocycles. The second kappa shape index (κ2) is 15.3. The highest BCUT2D eigenvalue weighted by Crippen LogP contribution is 2.47. The van der Waals surface area contributed by atoms with Gasteiger partial charge in [-0.1, -0.05) is 84.9 Å². The van der Waals surface area contributed by atoms with E-state index in [1.807, 2.05) is 84.9 Å². The number of fused-ring (bicyclic) bond motifs is 2. The van der Waals surface area contributed by atoms with Gasteiger partial charge in [0.1, 0.15) is 23.0 Å². The van der Waals surface area contributed by atoms with Crippen LogP contribution in [-0.4, -0.2) is 59.0 Å². The molecule has 8 heteroatoms. The van der Waals surface area contributed by atoms with Gasteiger partial charge in [0.25, 0.3) is 0 Å². The van der Waals surface area contributed by atoms with Gasteiger partial charge in [-0.3, -0.25) is 9.98 Å². The topological polar surface area (TPSA) is 130 Å². The van der Waals surface area contributed by atoms with Crippen LogP contribution in [0.2, 0.25) is 0 Å². The fourth-order valence-electron chi connectivity index (χ4n) is 5.80. The number of para-hydroxylation sites is 2. The van der Waals surface area contributed by atoms with Gasteiger partial charge in [-0.05, 0) is 45.8 Å². The van der Waals surface area contributed by atoms with Crippen LogP contribution >= 0.6 is 0 Å². The lowest BCUT2D eigenvalue weighted by Crippen LogP contribution is -2.17. The minimum Gasteiger partial charge on any atom is -0.508 e. The summed E-state index contributed by atoms with van der Waals surface area (Å²) in [4.78, 5) is 9.15. The molecule has 0 heterocycles. The maximum atomic E-state index is 11.8. The molecule has 0 fully saturated rings. The Morgan fingerprint density at radius 2 is 0.896 bits per heavy atom. The molecule has 242 valence electrons. The number of benzene rings is 6. The largest absolute Gasteiger partial charge is 0.508 e. The quantitative estimate of drug-likeness (QED) is 0.0603. The molecular formula is C40H38N4O4. The van der Waals surface area contributed by atoms with Gasteiger partial charge >= 0.3 is 0 Å². The summed E-state index contributed by atoms with van der Waals surface area (Å²) in [6.45, 7) is 3.15. The predicted molar refractivity (Wildman–Crippen MR) is 195 cm³/mol. The number of nitrogens with one attached hydrogen (secondary N) is 2. The second-order valence-electron chi connectivity index (χ2n) is 11.5. The van der Waals surface area contributed by atoms with E-state index in [1.54, 1.807) is 36.7 Å². The average molecular weight is 639 g/mol. The van der Waals surface area contributed by atoms with Gasteiger partial charge in [0.15, 0.2) is 0 Å². The van der Waals surface area contributed by atoms with E-state index in [9.17, 15) is 20.4 Å². The molecule has 0 radical (unpaired) electrons. The number of phenols is 4. The monoisotopic (exact) mass is 638 g/mol. The van der Waals surface area contributed by atoms with Crippen LogP contribution in [0, 0.1) is 0 Å². The lowest BCUT2D eigenvalue weighted by molar-refractivity contribution is 0.464. The highest BCUT2D eigenvalue weighted by Gasteiger charge is 2.21. The number of nitrogens with zero attached hydrogens (tertiary/aromatic N) is 2. The Hall–Kier alpha value is -5.70. The van der Waals surface area contributed by atoms with Gasteiger partial charge in [0, 0.05) is 72.0 Å². The third kappa shape index (κ3) is 7.31. The molecule has 8 nitrogen and oxygen atoms in total. The van der Waals surface area contributed by atoms with E-state index in [4.69, 9.17) is 0 Å². The smallest absolute Gasteiger partial charge is 0.132 e. The summed E-state index contributed by atoms with van der Waals surface area (Å²) in [7, 11) is 0. The number of hydrogen-bond donors (Lipinski definition) is 6. The summed E-state index contributed by atoms with van der Waals surface area (Å²) >= 11 is 0. The van der Waals surface area contributed by atoms with Gasteiger partial charge in [-0.25, -0.2) is 0 Å². The van der Waals surface area contributed by atoms with Crippen molar-refractivity contribution in [3.05, 3.63) is 131 Å². The molecule has 0 amide bonds. The number of aromatic hydroxyl groups is 4. The Morgan fingerprint density at radius 3 is 1.33 bits per heavy atom. The van der Waals surface area contributed by atoms with Crippen molar-refractivity contribution < 1.29 is 20.4 Å². The van der Waals surface area contributed by atoms with E-state index in [-0.39, 0.29) is 23.0 Å². The van der Waals surface area contributed by atoms with Crippen LogP contribution in [-0.2, 0) is 13.1 Å². The number of hydrogen-bond acceptors (Lipinski definition) is 8. The van der Waals surface area contributed by atoms with Crippen LogP contribution in [0.15, 0.2) is 119 Å². The van der Waals surface area contributed by atoms with E-state index in [2.05, 4.69) is 20.6 Å². The Bertz CT molecular complexity index is 1960. The fraction of sp³-hybridized carbons (Fsp3) is 0.150. The maximum absolute atomic E-state index is 11.8. The van der Waals surface area contributed by atoms with Gasteiger partial charge in [-0.2, -0.15) is 0 Å². The summed E-state index contributed by atoms with van der Waals surface area (Å²) in [5.41, 5.74) is 3.78. The fourth-order valence-corrected chi connectivity index (χ4v) is 5.80. The minimum atomic E-state index is 0.0301. The molecule has 0 saturated heterocycles. The van der Waals surface area contributed by atoms with Crippen LogP contribution in [0.1, 0.15) is 22.3 Å². The molecule has 0 atom stereocenters. The molecule has 6 N–H and O–H groups in total. The SMILES string of the molecule is Oc1ccccc1CNCCN=Cc1cc2ccccc2c(-c2c(O)c(C=NCCNCc3ccccc3O)cc3ccccc23)c1O. The van der Waals surface area contributed by atoms with Gasteiger partial charge in [0.2, 0.25) is 0 Å². The van der Waals surface area contributed by atoms with Crippen molar-refractivity contribution in [2.75, 3.05) is 26.2 Å². The Balaban J connectivity index is 1.26. The van der Waals surface area contributed by atoms with E-state index in [0.717, 1.165) is 32.7 Å². The van der Waals surface area contributed by atoms with Crippen molar-refractivity contribution in [1.29, 1.82) is 0 Å². The first kappa shape index (κ1) is 32.2. The van der Waals surface area contributed by atoms with Crippen LogP contribution in [0.5, 0.6) is 23.0 Å². The number of rotatable bonds is 13.